The third-order valence-electron chi connectivity index (χ3n) is 2.75. The van der Waals surface area contributed by atoms with Crippen LogP contribution >= 0.6 is 67.8 Å². The maximum atomic E-state index is 10.7. The molecule has 0 aromatic heterocycles. The van der Waals surface area contributed by atoms with Crippen molar-refractivity contribution in [3.8, 4) is 0 Å². The molecule has 1 aromatic rings. The molecule has 110 valence electrons. The molecule has 0 saturated carbocycles. The third-order valence-corrected chi connectivity index (χ3v) is 6.53. The molecule has 0 bridgehead atoms. The molecule has 0 radical (unpaired) electrons. The molecule has 6 heteroatoms. The lowest BCUT2D eigenvalue weighted by atomic mass is 10.1. The summed E-state index contributed by atoms with van der Waals surface area (Å²) >= 11 is 6.94. The van der Waals surface area contributed by atoms with Gasteiger partial charge in [0.15, 0.2) is 0 Å². The first-order valence-electron chi connectivity index (χ1n) is 5.97. The molecule has 0 spiro atoms. The van der Waals surface area contributed by atoms with Crippen LogP contribution in [0, 0.1) is 10.7 Å². The van der Waals surface area contributed by atoms with Crippen LogP contribution in [0.1, 0.15) is 25.3 Å². The molecule has 1 aromatic carbocycles. The number of aliphatic carboxylic acids is 1. The van der Waals surface area contributed by atoms with Gasteiger partial charge in [-0.2, -0.15) is 0 Å². The SMILES string of the molecule is C=C(CCC(C)OCc1cc(I)cc(I)c1I)C(=O)O. The fourth-order valence-corrected chi connectivity index (χ4v) is 3.95. The molecule has 20 heavy (non-hydrogen) atoms. The zero-order valence-electron chi connectivity index (χ0n) is 11.0. The van der Waals surface area contributed by atoms with E-state index in [9.17, 15) is 4.79 Å². The highest BCUT2D eigenvalue weighted by molar-refractivity contribution is 14.1. The summed E-state index contributed by atoms with van der Waals surface area (Å²) in [5.41, 5.74) is 1.41. The Kier molecular flexibility index (Phi) is 8.28. The molecule has 3 nitrogen and oxygen atoms in total. The van der Waals surface area contributed by atoms with Crippen molar-refractivity contribution in [1.82, 2.24) is 0 Å². The second-order valence-electron chi connectivity index (χ2n) is 4.43. The lowest BCUT2D eigenvalue weighted by Gasteiger charge is -2.14. The van der Waals surface area contributed by atoms with Gasteiger partial charge in [-0.25, -0.2) is 4.79 Å². The Bertz CT molecular complexity index is 515. The standard InChI is InChI=1S/C14H15I3O3/c1-8(14(18)19)3-4-9(2)20-7-10-5-11(15)6-12(16)13(10)17/h5-6,9H,1,3-4,7H2,2H3,(H,18,19). The van der Waals surface area contributed by atoms with Gasteiger partial charge in [-0.3, -0.25) is 0 Å². The Morgan fingerprint density at radius 3 is 2.65 bits per heavy atom. The number of carbonyl (C=O) groups is 1. The number of carboxylic acids is 1. The summed E-state index contributed by atoms with van der Waals surface area (Å²) in [6, 6.07) is 4.25. The fourth-order valence-electron chi connectivity index (χ4n) is 1.51. The van der Waals surface area contributed by atoms with Crippen molar-refractivity contribution in [2.75, 3.05) is 0 Å². The minimum atomic E-state index is -0.932. The van der Waals surface area contributed by atoms with Crippen molar-refractivity contribution in [1.29, 1.82) is 0 Å². The molecule has 1 N–H and O–H groups in total. The Hall–Kier alpha value is 0.580. The van der Waals surface area contributed by atoms with Gasteiger partial charge < -0.3 is 9.84 Å². The summed E-state index contributed by atoms with van der Waals surface area (Å²) < 4.78 is 9.43. The first-order chi connectivity index (χ1) is 9.31. The summed E-state index contributed by atoms with van der Waals surface area (Å²) in [5, 5.41) is 8.76. The molecule has 0 aliphatic carbocycles. The van der Waals surface area contributed by atoms with Crippen molar-refractivity contribution in [3.05, 3.63) is 40.6 Å². The summed E-state index contributed by atoms with van der Waals surface area (Å²) in [7, 11) is 0. The van der Waals surface area contributed by atoms with Gasteiger partial charge in [0.1, 0.15) is 0 Å². The van der Waals surface area contributed by atoms with Gasteiger partial charge in [-0.05, 0) is 105 Å². The van der Waals surface area contributed by atoms with Crippen LogP contribution in [-0.4, -0.2) is 17.2 Å². The van der Waals surface area contributed by atoms with Crippen LogP contribution < -0.4 is 0 Å². The Labute approximate surface area is 160 Å². The normalized spacial score (nSPS) is 12.2. The van der Waals surface area contributed by atoms with Gasteiger partial charge >= 0.3 is 5.97 Å². The Morgan fingerprint density at radius 1 is 1.40 bits per heavy atom. The summed E-state index contributed by atoms with van der Waals surface area (Å²) in [6.07, 6.45) is 1.14. The van der Waals surface area contributed by atoms with E-state index in [1.54, 1.807) is 0 Å². The highest BCUT2D eigenvalue weighted by Crippen LogP contribution is 2.24. The maximum absolute atomic E-state index is 10.7. The quantitative estimate of drug-likeness (QED) is 0.273. The number of ether oxygens (including phenoxy) is 1. The van der Waals surface area contributed by atoms with Crippen LogP contribution in [0.4, 0.5) is 0 Å². The van der Waals surface area contributed by atoms with E-state index >= 15 is 0 Å². The van der Waals surface area contributed by atoms with Gasteiger partial charge in [0.2, 0.25) is 0 Å². The average molecular weight is 612 g/mol. The molecule has 0 fully saturated rings. The van der Waals surface area contributed by atoms with Crippen LogP contribution in [0.5, 0.6) is 0 Å². The molecule has 1 atom stereocenters. The predicted molar refractivity (Wildman–Crippen MR) is 105 cm³/mol. The van der Waals surface area contributed by atoms with E-state index in [0.717, 1.165) is 0 Å². The molecular formula is C14H15I3O3. The number of halogens is 3. The largest absolute Gasteiger partial charge is 0.478 e. The Morgan fingerprint density at radius 2 is 2.05 bits per heavy atom. The smallest absolute Gasteiger partial charge is 0.330 e. The second kappa shape index (κ2) is 8.89. The molecule has 0 amide bonds. The third kappa shape index (κ3) is 6.14. The number of rotatable bonds is 7. The van der Waals surface area contributed by atoms with Crippen molar-refractivity contribution < 1.29 is 14.6 Å². The van der Waals surface area contributed by atoms with E-state index in [0.29, 0.717) is 19.4 Å². The number of hydrogen-bond donors (Lipinski definition) is 1. The van der Waals surface area contributed by atoms with E-state index in [2.05, 4.69) is 86.5 Å². The fraction of sp³-hybridized carbons (Fsp3) is 0.357. The van der Waals surface area contributed by atoms with E-state index in [4.69, 9.17) is 9.84 Å². The molecule has 1 rings (SSSR count). The molecule has 0 saturated heterocycles. The van der Waals surface area contributed by atoms with E-state index < -0.39 is 5.97 Å². The van der Waals surface area contributed by atoms with Crippen molar-refractivity contribution in [3.63, 3.8) is 0 Å². The van der Waals surface area contributed by atoms with Gasteiger partial charge in [0, 0.05) is 16.3 Å². The highest BCUT2D eigenvalue weighted by atomic mass is 127. The molecule has 0 heterocycles. The van der Waals surface area contributed by atoms with E-state index in [1.807, 2.05) is 6.92 Å². The molecule has 0 aliphatic heterocycles. The first-order valence-corrected chi connectivity index (χ1v) is 9.21. The monoisotopic (exact) mass is 612 g/mol. The molecular weight excluding hydrogens is 597 g/mol. The van der Waals surface area contributed by atoms with E-state index in [-0.39, 0.29) is 11.7 Å². The maximum Gasteiger partial charge on any atom is 0.330 e. The van der Waals surface area contributed by atoms with Crippen LogP contribution in [0.2, 0.25) is 0 Å². The minimum Gasteiger partial charge on any atom is -0.478 e. The number of hydrogen-bond acceptors (Lipinski definition) is 2. The van der Waals surface area contributed by atoms with Crippen LogP contribution in [-0.2, 0) is 16.1 Å². The number of carboxylic acid groups (broad SMARTS) is 1. The van der Waals surface area contributed by atoms with Crippen molar-refractivity contribution in [2.45, 2.75) is 32.5 Å². The van der Waals surface area contributed by atoms with Crippen LogP contribution in [0.15, 0.2) is 24.3 Å². The predicted octanol–water partition coefficient (Wildman–Crippen LogP) is 4.83. The zero-order chi connectivity index (χ0) is 15.3. The summed E-state index contributed by atoms with van der Waals surface area (Å²) in [4.78, 5) is 10.7. The van der Waals surface area contributed by atoms with Crippen LogP contribution in [0.25, 0.3) is 0 Å². The molecule has 1 unspecified atom stereocenters. The van der Waals surface area contributed by atoms with Gasteiger partial charge in [-0.15, -0.1) is 0 Å². The van der Waals surface area contributed by atoms with E-state index in [1.165, 1.54) is 16.3 Å². The van der Waals surface area contributed by atoms with Gasteiger partial charge in [-0.1, -0.05) is 6.58 Å². The molecule has 0 aliphatic rings. The second-order valence-corrected chi connectivity index (χ2v) is 7.92. The summed E-state index contributed by atoms with van der Waals surface area (Å²) in [6.45, 7) is 6.03. The summed E-state index contributed by atoms with van der Waals surface area (Å²) in [5.74, 6) is -0.932. The minimum absolute atomic E-state index is 0.0115. The van der Waals surface area contributed by atoms with Gasteiger partial charge in [0.25, 0.3) is 0 Å². The van der Waals surface area contributed by atoms with Crippen molar-refractivity contribution in [2.24, 2.45) is 0 Å². The lowest BCUT2D eigenvalue weighted by Crippen LogP contribution is -2.11. The zero-order valence-corrected chi connectivity index (χ0v) is 17.4. The first kappa shape index (κ1) is 18.6. The van der Waals surface area contributed by atoms with Gasteiger partial charge in [0.05, 0.1) is 12.7 Å². The van der Waals surface area contributed by atoms with Crippen molar-refractivity contribution >= 4 is 73.7 Å². The average Bonchev–Trinajstić information content (AvgIpc) is 2.38. The Balaban J connectivity index is 2.51. The highest BCUT2D eigenvalue weighted by Gasteiger charge is 2.10. The lowest BCUT2D eigenvalue weighted by molar-refractivity contribution is -0.132. The topological polar surface area (TPSA) is 46.5 Å². The number of benzene rings is 1. The van der Waals surface area contributed by atoms with Crippen LogP contribution in [0.3, 0.4) is 0 Å².